The third-order valence-electron chi connectivity index (χ3n) is 2.79. The van der Waals surface area contributed by atoms with E-state index in [1.807, 2.05) is 5.32 Å². The highest BCUT2D eigenvalue weighted by atomic mass is 19.4. The van der Waals surface area contributed by atoms with Gasteiger partial charge in [-0.15, -0.1) is 0 Å². The Morgan fingerprint density at radius 2 is 2.00 bits per heavy atom. The lowest BCUT2D eigenvalue weighted by molar-refractivity contribution is -0.201. The Morgan fingerprint density at radius 1 is 1.45 bits per heavy atom. The van der Waals surface area contributed by atoms with Gasteiger partial charge in [-0.25, -0.2) is 4.68 Å². The summed E-state index contributed by atoms with van der Waals surface area (Å²) >= 11 is 0. The maximum Gasteiger partial charge on any atom is 0.416 e. The highest BCUT2D eigenvalue weighted by molar-refractivity contribution is 5.95. The van der Waals surface area contributed by atoms with E-state index in [1.54, 1.807) is 6.92 Å². The predicted octanol–water partition coefficient (Wildman–Crippen LogP) is 0.0501. The average Bonchev–Trinajstić information content (AvgIpc) is 2.32. The summed E-state index contributed by atoms with van der Waals surface area (Å²) in [5.41, 5.74) is -0.304. The molecule has 0 aliphatic heterocycles. The van der Waals surface area contributed by atoms with Crippen molar-refractivity contribution in [1.29, 1.82) is 0 Å². The van der Waals surface area contributed by atoms with Crippen LogP contribution in [0.25, 0.3) is 0 Å². The molecule has 1 amide bonds. The van der Waals surface area contributed by atoms with Crippen LogP contribution >= 0.6 is 0 Å². The quantitative estimate of drug-likeness (QED) is 0.825. The van der Waals surface area contributed by atoms with E-state index in [9.17, 15) is 22.8 Å². The van der Waals surface area contributed by atoms with Crippen LogP contribution in [0.3, 0.4) is 0 Å². The van der Waals surface area contributed by atoms with Gasteiger partial charge < -0.3 is 10.4 Å². The molecule has 0 saturated carbocycles. The number of aliphatic hydroxyl groups excluding tert-OH is 1. The lowest BCUT2D eigenvalue weighted by Gasteiger charge is -2.15. The number of nitrogens with zero attached hydrogens (tertiary/aromatic N) is 2. The number of carbonyl (C=O) groups is 1. The zero-order valence-corrected chi connectivity index (χ0v) is 11.1. The molecule has 0 aliphatic rings. The molecule has 9 heteroatoms. The van der Waals surface area contributed by atoms with Crippen molar-refractivity contribution in [2.75, 3.05) is 6.54 Å². The minimum atomic E-state index is -4.83. The first-order valence-electron chi connectivity index (χ1n) is 5.63. The van der Waals surface area contributed by atoms with Crippen molar-refractivity contribution in [1.82, 2.24) is 15.1 Å². The molecule has 1 heterocycles. The van der Waals surface area contributed by atoms with Crippen LogP contribution in [0.1, 0.15) is 21.6 Å². The number of aryl methyl sites for hydroxylation is 2. The Morgan fingerprint density at radius 3 is 2.50 bits per heavy atom. The van der Waals surface area contributed by atoms with Crippen LogP contribution in [0.2, 0.25) is 0 Å². The van der Waals surface area contributed by atoms with Gasteiger partial charge in [0.25, 0.3) is 11.5 Å². The van der Waals surface area contributed by atoms with E-state index >= 15 is 0 Å². The van der Waals surface area contributed by atoms with Crippen LogP contribution < -0.4 is 10.9 Å². The third-order valence-corrected chi connectivity index (χ3v) is 2.79. The average molecular weight is 293 g/mol. The second-order valence-corrected chi connectivity index (χ2v) is 4.28. The summed E-state index contributed by atoms with van der Waals surface area (Å²) < 4.78 is 37.3. The number of alkyl halides is 3. The van der Waals surface area contributed by atoms with Crippen molar-refractivity contribution >= 4 is 5.91 Å². The number of nitrogens with one attached hydrogen (secondary N) is 1. The molecule has 112 valence electrons. The topological polar surface area (TPSA) is 84.2 Å². The molecule has 0 spiro atoms. The molecule has 2 N–H and O–H groups in total. The summed E-state index contributed by atoms with van der Waals surface area (Å²) in [4.78, 5) is 23.6. The second kappa shape index (κ2) is 5.61. The summed E-state index contributed by atoms with van der Waals surface area (Å²) in [5, 5.41) is 14.5. The van der Waals surface area contributed by atoms with Gasteiger partial charge in [-0.1, -0.05) is 0 Å². The second-order valence-electron chi connectivity index (χ2n) is 4.28. The molecule has 1 aromatic heterocycles. The fraction of sp³-hybridized carbons (Fsp3) is 0.545. The number of halogens is 3. The molecule has 0 radical (unpaired) electrons. The number of carbonyl (C=O) groups excluding carboxylic acids is 1. The number of aromatic nitrogens is 2. The van der Waals surface area contributed by atoms with Crippen molar-refractivity contribution in [3.63, 3.8) is 0 Å². The standard InChI is InChI=1S/C11H14F3N3O3/c1-5-6(2)16-17(3)10(20)8(5)9(19)15-4-7(18)11(12,13)14/h7,18H,4H2,1-3H3,(H,15,19). The maximum atomic E-state index is 12.1. The smallest absolute Gasteiger partial charge is 0.382 e. The van der Waals surface area contributed by atoms with Crippen molar-refractivity contribution < 1.29 is 23.1 Å². The molecule has 1 unspecified atom stereocenters. The maximum absolute atomic E-state index is 12.1. The molecule has 0 aromatic carbocycles. The van der Waals surface area contributed by atoms with Crippen LogP contribution in [-0.4, -0.2) is 39.6 Å². The Labute approximate surface area is 112 Å². The van der Waals surface area contributed by atoms with E-state index < -0.39 is 30.3 Å². The monoisotopic (exact) mass is 293 g/mol. The summed E-state index contributed by atoms with van der Waals surface area (Å²) in [6.07, 6.45) is -7.51. The Kier molecular flexibility index (Phi) is 4.53. The first-order valence-corrected chi connectivity index (χ1v) is 5.63. The van der Waals surface area contributed by atoms with Gasteiger partial charge in [-0.05, 0) is 19.4 Å². The van der Waals surface area contributed by atoms with Gasteiger partial charge in [0.1, 0.15) is 5.56 Å². The Hall–Kier alpha value is -1.90. The number of hydrogen-bond acceptors (Lipinski definition) is 4. The molecule has 0 fully saturated rings. The molecule has 0 bridgehead atoms. The molecular formula is C11H14F3N3O3. The van der Waals surface area contributed by atoms with Crippen LogP contribution in [0.15, 0.2) is 4.79 Å². The number of amides is 1. The highest BCUT2D eigenvalue weighted by Crippen LogP contribution is 2.19. The molecule has 0 saturated heterocycles. The summed E-state index contributed by atoms with van der Waals surface area (Å²) in [6, 6.07) is 0. The lowest BCUT2D eigenvalue weighted by atomic mass is 10.1. The van der Waals surface area contributed by atoms with E-state index in [2.05, 4.69) is 5.10 Å². The van der Waals surface area contributed by atoms with Gasteiger partial charge in [0.05, 0.1) is 12.2 Å². The first-order chi connectivity index (χ1) is 9.05. The van der Waals surface area contributed by atoms with E-state index in [0.717, 1.165) is 4.68 Å². The van der Waals surface area contributed by atoms with Crippen LogP contribution in [0.5, 0.6) is 0 Å². The normalized spacial score (nSPS) is 13.2. The largest absolute Gasteiger partial charge is 0.416 e. The Bertz CT molecular complexity index is 581. The van der Waals surface area contributed by atoms with E-state index in [0.29, 0.717) is 5.69 Å². The van der Waals surface area contributed by atoms with Crippen molar-refractivity contribution in [3.8, 4) is 0 Å². The minimum absolute atomic E-state index is 0.283. The molecule has 1 rings (SSSR count). The first kappa shape index (κ1) is 16.2. The van der Waals surface area contributed by atoms with Gasteiger partial charge >= 0.3 is 6.18 Å². The van der Waals surface area contributed by atoms with Crippen LogP contribution in [0.4, 0.5) is 13.2 Å². The number of rotatable bonds is 3. The SMILES string of the molecule is Cc1nn(C)c(=O)c(C(=O)NCC(O)C(F)(F)F)c1C. The van der Waals surface area contributed by atoms with E-state index in [-0.39, 0.29) is 11.1 Å². The fourth-order valence-electron chi connectivity index (χ4n) is 1.51. The zero-order valence-electron chi connectivity index (χ0n) is 11.1. The van der Waals surface area contributed by atoms with E-state index in [4.69, 9.17) is 5.11 Å². The molecule has 1 atom stereocenters. The molecule has 6 nitrogen and oxygen atoms in total. The van der Waals surface area contributed by atoms with E-state index in [1.165, 1.54) is 14.0 Å². The minimum Gasteiger partial charge on any atom is -0.382 e. The Balaban J connectivity index is 2.98. The molecule has 0 aliphatic carbocycles. The summed E-state index contributed by atoms with van der Waals surface area (Å²) in [5.74, 6) is -0.975. The van der Waals surface area contributed by atoms with Gasteiger partial charge in [0, 0.05) is 7.05 Å². The predicted molar refractivity (Wildman–Crippen MR) is 63.3 cm³/mol. The van der Waals surface area contributed by atoms with Gasteiger partial charge in [-0.3, -0.25) is 9.59 Å². The van der Waals surface area contributed by atoms with Crippen molar-refractivity contribution in [2.24, 2.45) is 7.05 Å². The molecular weight excluding hydrogens is 279 g/mol. The summed E-state index contributed by atoms with van der Waals surface area (Å²) in [6.45, 7) is 2.02. The summed E-state index contributed by atoms with van der Waals surface area (Å²) in [7, 11) is 1.33. The van der Waals surface area contributed by atoms with Crippen LogP contribution in [-0.2, 0) is 7.05 Å². The van der Waals surface area contributed by atoms with Gasteiger partial charge in [-0.2, -0.15) is 18.3 Å². The molecule has 1 aromatic rings. The number of hydrogen-bond donors (Lipinski definition) is 2. The van der Waals surface area contributed by atoms with Crippen molar-refractivity contribution in [2.45, 2.75) is 26.1 Å². The fourth-order valence-corrected chi connectivity index (χ4v) is 1.51. The molecule has 20 heavy (non-hydrogen) atoms. The lowest BCUT2D eigenvalue weighted by Crippen LogP contribution is -2.43. The van der Waals surface area contributed by atoms with Gasteiger partial charge in [0.15, 0.2) is 6.10 Å². The zero-order chi connectivity index (χ0) is 15.7. The van der Waals surface area contributed by atoms with Crippen molar-refractivity contribution in [3.05, 3.63) is 27.2 Å². The van der Waals surface area contributed by atoms with Crippen LogP contribution in [0, 0.1) is 13.8 Å². The van der Waals surface area contributed by atoms with Gasteiger partial charge in [0.2, 0.25) is 0 Å². The number of aliphatic hydroxyl groups is 1. The third kappa shape index (κ3) is 3.35. The highest BCUT2D eigenvalue weighted by Gasteiger charge is 2.38.